The van der Waals surface area contributed by atoms with Crippen LogP contribution in [0.4, 0.5) is 0 Å². The fourth-order valence-electron chi connectivity index (χ4n) is 2.21. The zero-order valence-corrected chi connectivity index (χ0v) is 12.1. The Hall–Kier alpha value is -0.0800. The second kappa shape index (κ2) is 8.08. The van der Waals surface area contributed by atoms with Crippen LogP contribution in [0.15, 0.2) is 0 Å². The van der Waals surface area contributed by atoms with Crippen LogP contribution < -0.4 is 5.73 Å². The highest BCUT2D eigenvalue weighted by atomic mass is 15.2. The van der Waals surface area contributed by atoms with Gasteiger partial charge in [0.05, 0.1) is 0 Å². The van der Waals surface area contributed by atoms with E-state index in [4.69, 9.17) is 5.73 Å². The SMILES string of the molecule is CCCN(CC(CC)CC)C(C)(CC)CN. The Kier molecular flexibility index (Phi) is 8.04. The van der Waals surface area contributed by atoms with Gasteiger partial charge in [0, 0.05) is 18.6 Å². The third-order valence-electron chi connectivity index (χ3n) is 4.09. The van der Waals surface area contributed by atoms with Crippen molar-refractivity contribution in [1.82, 2.24) is 4.90 Å². The predicted octanol–water partition coefficient (Wildman–Crippen LogP) is 3.26. The minimum atomic E-state index is 0.193. The van der Waals surface area contributed by atoms with Crippen LogP contribution in [0.5, 0.6) is 0 Å². The highest BCUT2D eigenvalue weighted by molar-refractivity contribution is 4.86. The minimum absolute atomic E-state index is 0.193. The second-order valence-corrected chi connectivity index (χ2v) is 5.18. The molecule has 0 aromatic heterocycles. The Bertz CT molecular complexity index is 160. The summed E-state index contributed by atoms with van der Waals surface area (Å²) in [5.74, 6) is 0.823. The minimum Gasteiger partial charge on any atom is -0.329 e. The summed E-state index contributed by atoms with van der Waals surface area (Å²) in [7, 11) is 0. The molecule has 2 N–H and O–H groups in total. The first kappa shape index (κ1) is 15.9. The van der Waals surface area contributed by atoms with Gasteiger partial charge in [-0.15, -0.1) is 0 Å². The van der Waals surface area contributed by atoms with Gasteiger partial charge in [-0.05, 0) is 32.2 Å². The highest BCUT2D eigenvalue weighted by Gasteiger charge is 2.28. The molecule has 0 rings (SSSR count). The zero-order valence-electron chi connectivity index (χ0n) is 12.1. The number of nitrogens with two attached hydrogens (primary N) is 1. The summed E-state index contributed by atoms with van der Waals surface area (Å²) >= 11 is 0. The molecule has 2 heteroatoms. The molecule has 0 aromatic carbocycles. The lowest BCUT2D eigenvalue weighted by atomic mass is 9.93. The van der Waals surface area contributed by atoms with Crippen molar-refractivity contribution in [3.8, 4) is 0 Å². The monoisotopic (exact) mass is 228 g/mol. The van der Waals surface area contributed by atoms with E-state index in [0.717, 1.165) is 18.9 Å². The van der Waals surface area contributed by atoms with E-state index in [2.05, 4.69) is 39.5 Å². The first-order valence-corrected chi connectivity index (χ1v) is 7.02. The van der Waals surface area contributed by atoms with Gasteiger partial charge in [-0.2, -0.15) is 0 Å². The van der Waals surface area contributed by atoms with Crippen molar-refractivity contribution >= 4 is 0 Å². The van der Waals surface area contributed by atoms with E-state index in [-0.39, 0.29) is 5.54 Å². The lowest BCUT2D eigenvalue weighted by molar-refractivity contribution is 0.0839. The molecule has 1 unspecified atom stereocenters. The molecule has 0 aliphatic rings. The Morgan fingerprint density at radius 1 is 1.12 bits per heavy atom. The molecule has 16 heavy (non-hydrogen) atoms. The number of nitrogens with zero attached hydrogens (tertiary/aromatic N) is 1. The zero-order chi connectivity index (χ0) is 12.6. The summed E-state index contributed by atoms with van der Waals surface area (Å²) in [6.45, 7) is 14.6. The third kappa shape index (κ3) is 4.42. The van der Waals surface area contributed by atoms with Crippen molar-refractivity contribution < 1.29 is 0 Å². The summed E-state index contributed by atoms with van der Waals surface area (Å²) in [6.07, 6.45) is 4.92. The van der Waals surface area contributed by atoms with Crippen LogP contribution in [0.2, 0.25) is 0 Å². The average Bonchev–Trinajstić information content (AvgIpc) is 2.33. The van der Waals surface area contributed by atoms with E-state index in [1.807, 2.05) is 0 Å². The van der Waals surface area contributed by atoms with Gasteiger partial charge < -0.3 is 5.73 Å². The van der Waals surface area contributed by atoms with Crippen LogP contribution in [0.25, 0.3) is 0 Å². The summed E-state index contributed by atoms with van der Waals surface area (Å²) in [6, 6.07) is 0. The van der Waals surface area contributed by atoms with Gasteiger partial charge in [0.15, 0.2) is 0 Å². The molecule has 0 spiro atoms. The van der Waals surface area contributed by atoms with Crippen molar-refractivity contribution in [3.63, 3.8) is 0 Å². The average molecular weight is 228 g/mol. The fourth-order valence-corrected chi connectivity index (χ4v) is 2.21. The molecule has 2 nitrogen and oxygen atoms in total. The molecular weight excluding hydrogens is 196 g/mol. The van der Waals surface area contributed by atoms with Gasteiger partial charge >= 0.3 is 0 Å². The summed E-state index contributed by atoms with van der Waals surface area (Å²) in [4.78, 5) is 2.62. The van der Waals surface area contributed by atoms with Crippen LogP contribution >= 0.6 is 0 Å². The molecule has 1 atom stereocenters. The summed E-state index contributed by atoms with van der Waals surface area (Å²) in [5, 5.41) is 0. The molecular formula is C14H32N2. The van der Waals surface area contributed by atoms with Crippen molar-refractivity contribution in [2.24, 2.45) is 11.7 Å². The van der Waals surface area contributed by atoms with E-state index in [1.54, 1.807) is 0 Å². The first-order chi connectivity index (χ1) is 7.57. The molecule has 0 bridgehead atoms. The number of rotatable bonds is 9. The van der Waals surface area contributed by atoms with Gasteiger partial charge in [-0.25, -0.2) is 0 Å². The fraction of sp³-hybridized carbons (Fsp3) is 1.00. The molecule has 98 valence electrons. The van der Waals surface area contributed by atoms with Crippen LogP contribution in [0.3, 0.4) is 0 Å². The van der Waals surface area contributed by atoms with Crippen LogP contribution in [0.1, 0.15) is 60.3 Å². The molecule has 0 saturated carbocycles. The number of hydrogen-bond donors (Lipinski definition) is 1. The normalized spacial score (nSPS) is 15.8. The molecule has 0 aliphatic carbocycles. The maximum absolute atomic E-state index is 5.97. The summed E-state index contributed by atoms with van der Waals surface area (Å²) in [5.41, 5.74) is 6.16. The lowest BCUT2D eigenvalue weighted by Crippen LogP contribution is -2.53. The molecule has 0 amide bonds. The summed E-state index contributed by atoms with van der Waals surface area (Å²) < 4.78 is 0. The van der Waals surface area contributed by atoms with Gasteiger partial charge in [0.1, 0.15) is 0 Å². The van der Waals surface area contributed by atoms with Crippen molar-refractivity contribution in [1.29, 1.82) is 0 Å². The molecule has 0 fully saturated rings. The second-order valence-electron chi connectivity index (χ2n) is 5.18. The van der Waals surface area contributed by atoms with Crippen LogP contribution in [-0.4, -0.2) is 30.1 Å². The standard InChI is InChI=1S/C14H32N2/c1-6-10-16(11-13(7-2)8-3)14(5,9-4)12-15/h13H,6-12,15H2,1-5H3. The quantitative estimate of drug-likeness (QED) is 0.656. The van der Waals surface area contributed by atoms with Gasteiger partial charge in [0.2, 0.25) is 0 Å². The van der Waals surface area contributed by atoms with E-state index in [1.165, 1.54) is 32.4 Å². The molecule has 0 aliphatic heterocycles. The Morgan fingerprint density at radius 3 is 2.00 bits per heavy atom. The van der Waals surface area contributed by atoms with Crippen LogP contribution in [0, 0.1) is 5.92 Å². The smallest absolute Gasteiger partial charge is 0.0301 e. The molecule has 0 radical (unpaired) electrons. The largest absolute Gasteiger partial charge is 0.329 e. The third-order valence-corrected chi connectivity index (χ3v) is 4.09. The van der Waals surface area contributed by atoms with E-state index < -0.39 is 0 Å². The Balaban J connectivity index is 4.57. The molecule has 0 saturated heterocycles. The van der Waals surface area contributed by atoms with E-state index in [0.29, 0.717) is 0 Å². The Morgan fingerprint density at radius 2 is 1.69 bits per heavy atom. The van der Waals surface area contributed by atoms with Crippen LogP contribution in [-0.2, 0) is 0 Å². The van der Waals surface area contributed by atoms with Gasteiger partial charge in [-0.3, -0.25) is 4.90 Å². The lowest BCUT2D eigenvalue weighted by Gasteiger charge is -2.42. The Labute approximate surface area is 103 Å². The van der Waals surface area contributed by atoms with Gasteiger partial charge in [-0.1, -0.05) is 40.5 Å². The topological polar surface area (TPSA) is 29.3 Å². The van der Waals surface area contributed by atoms with Crippen molar-refractivity contribution in [3.05, 3.63) is 0 Å². The maximum Gasteiger partial charge on any atom is 0.0301 e. The molecule has 0 aromatic rings. The van der Waals surface area contributed by atoms with Crippen molar-refractivity contribution in [2.45, 2.75) is 65.8 Å². The number of hydrogen-bond acceptors (Lipinski definition) is 2. The highest BCUT2D eigenvalue weighted by Crippen LogP contribution is 2.22. The van der Waals surface area contributed by atoms with Gasteiger partial charge in [0.25, 0.3) is 0 Å². The first-order valence-electron chi connectivity index (χ1n) is 7.02. The van der Waals surface area contributed by atoms with Crippen molar-refractivity contribution in [2.75, 3.05) is 19.6 Å². The predicted molar refractivity (Wildman–Crippen MR) is 73.7 cm³/mol. The van der Waals surface area contributed by atoms with E-state index >= 15 is 0 Å². The maximum atomic E-state index is 5.97. The van der Waals surface area contributed by atoms with E-state index in [9.17, 15) is 0 Å². The molecule has 0 heterocycles.